The van der Waals surface area contributed by atoms with E-state index in [0.717, 1.165) is 24.1 Å². The molecule has 0 fully saturated rings. The van der Waals surface area contributed by atoms with Gasteiger partial charge in [0.05, 0.1) is 10.5 Å². The highest BCUT2D eigenvalue weighted by atomic mass is 35.5. The van der Waals surface area contributed by atoms with Gasteiger partial charge in [0.25, 0.3) is 0 Å². The Balaban J connectivity index is 1.93. The largest absolute Gasteiger partial charge is 0.329 e. The second-order valence-corrected chi connectivity index (χ2v) is 5.17. The third-order valence-corrected chi connectivity index (χ3v) is 3.57. The fourth-order valence-corrected chi connectivity index (χ4v) is 2.56. The van der Waals surface area contributed by atoms with E-state index in [1.54, 1.807) is 6.20 Å². The van der Waals surface area contributed by atoms with Crippen LogP contribution in [-0.4, -0.2) is 14.5 Å². The number of benzene rings is 1. The number of nitrogens with zero attached hydrogens (tertiary/aromatic N) is 2. The van der Waals surface area contributed by atoms with Crippen molar-refractivity contribution in [2.45, 2.75) is 13.0 Å². The van der Waals surface area contributed by atoms with Gasteiger partial charge in [-0.2, -0.15) is 0 Å². The molecule has 3 aromatic rings. The topological polar surface area (TPSA) is 33.6 Å². The molecule has 1 aromatic carbocycles. The van der Waals surface area contributed by atoms with E-state index in [0.29, 0.717) is 9.79 Å². The first kappa shape index (κ1) is 12.4. The van der Waals surface area contributed by atoms with Gasteiger partial charge in [-0.3, -0.25) is 0 Å². The lowest BCUT2D eigenvalue weighted by molar-refractivity contribution is 0.700. The van der Waals surface area contributed by atoms with Crippen molar-refractivity contribution in [2.24, 2.45) is 0 Å². The van der Waals surface area contributed by atoms with Gasteiger partial charge in [0.1, 0.15) is 0 Å². The van der Waals surface area contributed by atoms with E-state index in [9.17, 15) is 0 Å². The SMILES string of the molecule is S=c1[nH]c2cc(Cl)cnc2n1CCc1ccccc1. The number of hydrogen-bond acceptors (Lipinski definition) is 2. The van der Waals surface area contributed by atoms with Gasteiger partial charge in [-0.25, -0.2) is 4.98 Å². The van der Waals surface area contributed by atoms with Crippen molar-refractivity contribution in [3.63, 3.8) is 0 Å². The number of aromatic nitrogens is 3. The van der Waals surface area contributed by atoms with E-state index in [1.165, 1.54) is 5.56 Å². The van der Waals surface area contributed by atoms with Crippen LogP contribution in [0.4, 0.5) is 0 Å². The molecule has 0 saturated carbocycles. The van der Waals surface area contributed by atoms with Crippen LogP contribution in [0.2, 0.25) is 5.02 Å². The molecule has 2 heterocycles. The number of aromatic amines is 1. The van der Waals surface area contributed by atoms with E-state index in [2.05, 4.69) is 22.1 Å². The number of H-pyrrole nitrogens is 1. The van der Waals surface area contributed by atoms with Gasteiger partial charge in [-0.1, -0.05) is 41.9 Å². The minimum Gasteiger partial charge on any atom is -0.329 e. The lowest BCUT2D eigenvalue weighted by atomic mass is 10.1. The Morgan fingerprint density at radius 1 is 1.26 bits per heavy atom. The molecule has 1 N–H and O–H groups in total. The molecule has 3 nitrogen and oxygen atoms in total. The predicted octanol–water partition coefficient (Wildman–Crippen LogP) is 3.99. The lowest BCUT2D eigenvalue weighted by Gasteiger charge is -2.04. The molecule has 3 rings (SSSR count). The van der Waals surface area contributed by atoms with Gasteiger partial charge in [-0.05, 0) is 30.3 Å². The van der Waals surface area contributed by atoms with Crippen LogP contribution in [0.25, 0.3) is 11.2 Å². The fourth-order valence-electron chi connectivity index (χ4n) is 2.11. The van der Waals surface area contributed by atoms with Gasteiger partial charge in [0, 0.05) is 12.7 Å². The molecular formula is C14H12ClN3S. The summed E-state index contributed by atoms with van der Waals surface area (Å²) in [6.07, 6.45) is 2.57. The summed E-state index contributed by atoms with van der Waals surface area (Å²) < 4.78 is 2.69. The normalized spacial score (nSPS) is 11.0. The number of halogens is 1. The van der Waals surface area contributed by atoms with Gasteiger partial charge in [-0.15, -0.1) is 0 Å². The van der Waals surface area contributed by atoms with Crippen molar-refractivity contribution in [1.29, 1.82) is 0 Å². The second-order valence-electron chi connectivity index (χ2n) is 4.34. The highest BCUT2D eigenvalue weighted by Crippen LogP contribution is 2.16. The average Bonchev–Trinajstić information content (AvgIpc) is 2.72. The van der Waals surface area contributed by atoms with Crippen LogP contribution in [0.15, 0.2) is 42.6 Å². The molecule has 0 aliphatic rings. The molecule has 0 radical (unpaired) electrons. The predicted molar refractivity (Wildman–Crippen MR) is 80.1 cm³/mol. The number of imidazole rings is 1. The number of nitrogens with one attached hydrogen (secondary N) is 1. The number of pyridine rings is 1. The molecule has 0 saturated heterocycles. The Kier molecular flexibility index (Phi) is 3.36. The van der Waals surface area contributed by atoms with Gasteiger partial charge >= 0.3 is 0 Å². The summed E-state index contributed by atoms with van der Waals surface area (Å²) in [7, 11) is 0. The molecule has 5 heteroatoms. The first-order chi connectivity index (χ1) is 9.24. The van der Waals surface area contributed by atoms with Crippen molar-refractivity contribution in [3.05, 3.63) is 58.0 Å². The Bertz CT molecular complexity index is 761. The Hall–Kier alpha value is -1.65. The fraction of sp³-hybridized carbons (Fsp3) is 0.143. The van der Waals surface area contributed by atoms with Crippen molar-refractivity contribution in [2.75, 3.05) is 0 Å². The zero-order valence-electron chi connectivity index (χ0n) is 10.1. The van der Waals surface area contributed by atoms with Crippen LogP contribution >= 0.6 is 23.8 Å². The van der Waals surface area contributed by atoms with Crippen LogP contribution in [0, 0.1) is 4.77 Å². The van der Waals surface area contributed by atoms with Gasteiger partial charge in [0.15, 0.2) is 10.4 Å². The third-order valence-electron chi connectivity index (χ3n) is 3.04. The molecule has 0 spiro atoms. The Morgan fingerprint density at radius 2 is 2.05 bits per heavy atom. The van der Waals surface area contributed by atoms with Crippen LogP contribution in [0.1, 0.15) is 5.56 Å². The van der Waals surface area contributed by atoms with E-state index in [1.807, 2.05) is 28.8 Å². The minimum atomic E-state index is 0.610. The molecule has 0 bridgehead atoms. The van der Waals surface area contributed by atoms with Crippen LogP contribution in [0.3, 0.4) is 0 Å². The molecule has 0 unspecified atom stereocenters. The maximum Gasteiger partial charge on any atom is 0.179 e. The zero-order valence-corrected chi connectivity index (χ0v) is 11.7. The quantitative estimate of drug-likeness (QED) is 0.740. The first-order valence-electron chi connectivity index (χ1n) is 6.02. The van der Waals surface area contributed by atoms with Gasteiger partial charge < -0.3 is 9.55 Å². The molecular weight excluding hydrogens is 278 g/mol. The summed E-state index contributed by atoms with van der Waals surface area (Å²) in [5, 5.41) is 0.610. The Morgan fingerprint density at radius 3 is 2.84 bits per heavy atom. The summed E-state index contributed by atoms with van der Waals surface area (Å²) in [6.45, 7) is 0.803. The third kappa shape index (κ3) is 2.55. The number of aryl methyl sites for hydroxylation is 2. The summed E-state index contributed by atoms with van der Waals surface area (Å²) in [5.74, 6) is 0. The van der Waals surface area contributed by atoms with Crippen molar-refractivity contribution >= 4 is 35.0 Å². The van der Waals surface area contributed by atoms with Crippen LogP contribution in [-0.2, 0) is 13.0 Å². The molecule has 0 aliphatic carbocycles. The molecule has 0 aliphatic heterocycles. The van der Waals surface area contributed by atoms with E-state index < -0.39 is 0 Å². The Labute approximate surface area is 120 Å². The molecule has 2 aromatic heterocycles. The number of rotatable bonds is 3. The zero-order chi connectivity index (χ0) is 13.2. The maximum atomic E-state index is 5.93. The maximum absolute atomic E-state index is 5.93. The highest BCUT2D eigenvalue weighted by Gasteiger charge is 2.06. The average molecular weight is 290 g/mol. The van der Waals surface area contributed by atoms with Crippen molar-refractivity contribution in [3.8, 4) is 0 Å². The first-order valence-corrected chi connectivity index (χ1v) is 6.80. The highest BCUT2D eigenvalue weighted by molar-refractivity contribution is 7.71. The summed E-state index contributed by atoms with van der Waals surface area (Å²) >= 11 is 11.3. The minimum absolute atomic E-state index is 0.610. The summed E-state index contributed by atoms with van der Waals surface area (Å²) in [4.78, 5) is 7.48. The standard InChI is InChI=1S/C14H12ClN3S/c15-11-8-12-13(16-9-11)18(14(19)17-12)7-6-10-4-2-1-3-5-10/h1-5,8-9H,6-7H2,(H,17,19). The monoisotopic (exact) mass is 289 g/mol. The van der Waals surface area contributed by atoms with Crippen LogP contribution < -0.4 is 0 Å². The smallest absolute Gasteiger partial charge is 0.179 e. The summed E-state index contributed by atoms with van der Waals surface area (Å²) in [6, 6.07) is 12.2. The molecule has 96 valence electrons. The van der Waals surface area contributed by atoms with Crippen molar-refractivity contribution < 1.29 is 0 Å². The van der Waals surface area contributed by atoms with Crippen molar-refractivity contribution in [1.82, 2.24) is 14.5 Å². The van der Waals surface area contributed by atoms with Crippen LogP contribution in [0.5, 0.6) is 0 Å². The lowest BCUT2D eigenvalue weighted by Crippen LogP contribution is -2.02. The number of hydrogen-bond donors (Lipinski definition) is 1. The van der Waals surface area contributed by atoms with E-state index >= 15 is 0 Å². The second kappa shape index (κ2) is 5.15. The van der Waals surface area contributed by atoms with E-state index in [4.69, 9.17) is 23.8 Å². The molecule has 19 heavy (non-hydrogen) atoms. The van der Waals surface area contributed by atoms with E-state index in [-0.39, 0.29) is 0 Å². The number of fused-ring (bicyclic) bond motifs is 1. The molecule has 0 atom stereocenters. The summed E-state index contributed by atoms with van der Waals surface area (Å²) in [5.41, 5.74) is 3.02. The van der Waals surface area contributed by atoms with Gasteiger partial charge in [0.2, 0.25) is 0 Å². The molecule has 0 amide bonds.